The number of amides is 1. The first kappa shape index (κ1) is 13.8. The number of hydrazone groups is 1. The Morgan fingerprint density at radius 1 is 1.42 bits per heavy atom. The number of hydrogen-bond acceptors (Lipinski definition) is 4. The maximum atomic E-state index is 11.8. The molecule has 0 saturated heterocycles. The molecule has 0 radical (unpaired) electrons. The van der Waals surface area contributed by atoms with Crippen LogP contribution in [0.15, 0.2) is 45.3 Å². The molecule has 4 nitrogen and oxygen atoms in total. The van der Waals surface area contributed by atoms with Crippen molar-refractivity contribution in [3.8, 4) is 5.75 Å². The van der Waals surface area contributed by atoms with Crippen molar-refractivity contribution in [2.45, 2.75) is 0 Å². The molecule has 2 rings (SSSR count). The summed E-state index contributed by atoms with van der Waals surface area (Å²) in [5.41, 5.74) is 2.98. The van der Waals surface area contributed by atoms with Gasteiger partial charge in [0.15, 0.2) is 0 Å². The minimum Gasteiger partial charge on any atom is -0.497 e. The van der Waals surface area contributed by atoms with Crippen LogP contribution >= 0.6 is 27.3 Å². The zero-order valence-corrected chi connectivity index (χ0v) is 12.5. The summed E-state index contributed by atoms with van der Waals surface area (Å²) < 4.78 is 6.08. The Kier molecular flexibility index (Phi) is 4.70. The molecule has 1 N–H and O–H groups in total. The molecule has 0 aliphatic carbocycles. The molecule has 19 heavy (non-hydrogen) atoms. The summed E-state index contributed by atoms with van der Waals surface area (Å²) >= 11 is 4.90. The Bertz CT molecular complexity index is 610. The SMILES string of the molecule is COc1cccc(C(=O)N/N=C/c2ccc(Br)s2)c1. The second-order valence-electron chi connectivity index (χ2n) is 3.57. The van der Waals surface area contributed by atoms with E-state index in [1.165, 1.54) is 11.3 Å². The Morgan fingerprint density at radius 2 is 2.26 bits per heavy atom. The van der Waals surface area contributed by atoms with Crippen LogP contribution in [-0.4, -0.2) is 19.2 Å². The van der Waals surface area contributed by atoms with E-state index < -0.39 is 0 Å². The number of carbonyl (C=O) groups excluding carboxylic acids is 1. The third-order valence-electron chi connectivity index (χ3n) is 2.28. The lowest BCUT2D eigenvalue weighted by molar-refractivity contribution is 0.0955. The molecule has 0 aliphatic rings. The second kappa shape index (κ2) is 6.49. The standard InChI is InChI=1S/C13H11BrN2O2S/c1-18-10-4-2-3-9(7-10)13(17)16-15-8-11-5-6-12(14)19-11/h2-8H,1H3,(H,16,17)/b15-8+. The lowest BCUT2D eigenvalue weighted by Gasteiger charge is -2.02. The van der Waals surface area contributed by atoms with E-state index in [1.807, 2.05) is 12.1 Å². The van der Waals surface area contributed by atoms with E-state index in [2.05, 4.69) is 26.5 Å². The van der Waals surface area contributed by atoms with Gasteiger partial charge in [0, 0.05) is 10.4 Å². The van der Waals surface area contributed by atoms with Gasteiger partial charge in [0.1, 0.15) is 5.75 Å². The normalized spacial score (nSPS) is 10.6. The van der Waals surface area contributed by atoms with Crippen molar-refractivity contribution >= 4 is 39.4 Å². The first-order valence-corrected chi connectivity index (χ1v) is 7.03. The highest BCUT2D eigenvalue weighted by molar-refractivity contribution is 9.11. The van der Waals surface area contributed by atoms with Gasteiger partial charge in [-0.05, 0) is 46.3 Å². The van der Waals surface area contributed by atoms with Crippen LogP contribution in [-0.2, 0) is 0 Å². The van der Waals surface area contributed by atoms with Crippen LogP contribution < -0.4 is 10.2 Å². The van der Waals surface area contributed by atoms with Gasteiger partial charge < -0.3 is 4.74 Å². The molecule has 1 amide bonds. The van der Waals surface area contributed by atoms with Crippen molar-refractivity contribution in [3.05, 3.63) is 50.6 Å². The average molecular weight is 339 g/mol. The first-order valence-electron chi connectivity index (χ1n) is 5.42. The maximum Gasteiger partial charge on any atom is 0.271 e. The summed E-state index contributed by atoms with van der Waals surface area (Å²) in [4.78, 5) is 12.8. The van der Waals surface area contributed by atoms with Crippen molar-refractivity contribution in [1.29, 1.82) is 0 Å². The third kappa shape index (κ3) is 3.90. The highest BCUT2D eigenvalue weighted by Gasteiger charge is 2.04. The van der Waals surface area contributed by atoms with Crippen LogP contribution in [0.25, 0.3) is 0 Å². The first-order chi connectivity index (χ1) is 9.19. The molecular weight excluding hydrogens is 328 g/mol. The van der Waals surface area contributed by atoms with Gasteiger partial charge in [-0.3, -0.25) is 4.79 Å². The number of benzene rings is 1. The minimum atomic E-state index is -0.272. The number of thiophene rings is 1. The second-order valence-corrected chi connectivity index (χ2v) is 6.07. The number of ether oxygens (including phenoxy) is 1. The largest absolute Gasteiger partial charge is 0.497 e. The summed E-state index contributed by atoms with van der Waals surface area (Å²) in [6.07, 6.45) is 1.60. The fourth-order valence-electron chi connectivity index (χ4n) is 1.38. The van der Waals surface area contributed by atoms with Crippen LogP contribution in [0.5, 0.6) is 5.75 Å². The van der Waals surface area contributed by atoms with Crippen LogP contribution in [0.3, 0.4) is 0 Å². The molecule has 1 aromatic carbocycles. The Hall–Kier alpha value is -1.66. The van der Waals surface area contributed by atoms with E-state index in [4.69, 9.17) is 4.74 Å². The molecule has 1 aromatic heterocycles. The zero-order valence-electron chi connectivity index (χ0n) is 10.1. The number of carbonyl (C=O) groups is 1. The molecule has 0 unspecified atom stereocenters. The Morgan fingerprint density at radius 3 is 2.95 bits per heavy atom. The fourth-order valence-corrected chi connectivity index (χ4v) is 2.68. The number of methoxy groups -OCH3 is 1. The lowest BCUT2D eigenvalue weighted by atomic mass is 10.2. The fraction of sp³-hybridized carbons (Fsp3) is 0.0769. The van der Waals surface area contributed by atoms with E-state index in [1.54, 1.807) is 37.6 Å². The number of nitrogens with zero attached hydrogens (tertiary/aromatic N) is 1. The molecule has 0 fully saturated rings. The number of nitrogens with one attached hydrogen (secondary N) is 1. The molecular formula is C13H11BrN2O2S. The third-order valence-corrected chi connectivity index (χ3v) is 3.84. The van der Waals surface area contributed by atoms with E-state index in [-0.39, 0.29) is 5.91 Å². The van der Waals surface area contributed by atoms with Crippen LogP contribution in [0.4, 0.5) is 0 Å². The molecule has 0 atom stereocenters. The molecule has 1 heterocycles. The minimum absolute atomic E-state index is 0.272. The topological polar surface area (TPSA) is 50.7 Å². The molecule has 98 valence electrons. The predicted octanol–water partition coefficient (Wildman–Crippen LogP) is 3.28. The summed E-state index contributed by atoms with van der Waals surface area (Å²) in [5, 5.41) is 3.91. The van der Waals surface area contributed by atoms with Crippen LogP contribution in [0, 0.1) is 0 Å². The summed E-state index contributed by atoms with van der Waals surface area (Å²) in [6.45, 7) is 0. The highest BCUT2D eigenvalue weighted by atomic mass is 79.9. The van der Waals surface area contributed by atoms with Crippen molar-refractivity contribution in [1.82, 2.24) is 5.43 Å². The van der Waals surface area contributed by atoms with Crippen molar-refractivity contribution in [3.63, 3.8) is 0 Å². The van der Waals surface area contributed by atoms with Gasteiger partial charge in [0.2, 0.25) is 0 Å². The lowest BCUT2D eigenvalue weighted by Crippen LogP contribution is -2.17. The van der Waals surface area contributed by atoms with Gasteiger partial charge >= 0.3 is 0 Å². The molecule has 0 bridgehead atoms. The summed E-state index contributed by atoms with van der Waals surface area (Å²) in [5.74, 6) is 0.365. The van der Waals surface area contributed by atoms with E-state index in [0.717, 1.165) is 8.66 Å². The van der Waals surface area contributed by atoms with E-state index in [9.17, 15) is 4.79 Å². The van der Waals surface area contributed by atoms with Gasteiger partial charge in [0.05, 0.1) is 17.1 Å². The summed E-state index contributed by atoms with van der Waals surface area (Å²) in [6, 6.07) is 10.7. The van der Waals surface area contributed by atoms with Gasteiger partial charge in [0.25, 0.3) is 5.91 Å². The maximum absolute atomic E-state index is 11.8. The number of hydrogen-bond donors (Lipinski definition) is 1. The summed E-state index contributed by atoms with van der Waals surface area (Å²) in [7, 11) is 1.56. The average Bonchev–Trinajstić information content (AvgIpc) is 2.84. The van der Waals surface area contributed by atoms with E-state index in [0.29, 0.717) is 11.3 Å². The zero-order chi connectivity index (χ0) is 13.7. The Balaban J connectivity index is 1.99. The molecule has 0 saturated carbocycles. The number of rotatable bonds is 4. The van der Waals surface area contributed by atoms with Crippen molar-refractivity contribution in [2.75, 3.05) is 7.11 Å². The monoisotopic (exact) mass is 338 g/mol. The van der Waals surface area contributed by atoms with Gasteiger partial charge in [-0.15, -0.1) is 11.3 Å². The quantitative estimate of drug-likeness (QED) is 0.687. The van der Waals surface area contributed by atoms with Crippen LogP contribution in [0.1, 0.15) is 15.2 Å². The number of halogens is 1. The molecule has 2 aromatic rings. The van der Waals surface area contributed by atoms with Crippen molar-refractivity contribution in [2.24, 2.45) is 5.10 Å². The smallest absolute Gasteiger partial charge is 0.271 e. The molecule has 0 aliphatic heterocycles. The predicted molar refractivity (Wildman–Crippen MR) is 80.1 cm³/mol. The molecule has 6 heteroatoms. The molecule has 0 spiro atoms. The van der Waals surface area contributed by atoms with Gasteiger partial charge in [-0.25, -0.2) is 5.43 Å². The van der Waals surface area contributed by atoms with E-state index >= 15 is 0 Å². The Labute approximate surface area is 123 Å². The van der Waals surface area contributed by atoms with Gasteiger partial charge in [-0.1, -0.05) is 6.07 Å². The van der Waals surface area contributed by atoms with Crippen molar-refractivity contribution < 1.29 is 9.53 Å². The highest BCUT2D eigenvalue weighted by Crippen LogP contribution is 2.20. The van der Waals surface area contributed by atoms with Crippen LogP contribution in [0.2, 0.25) is 0 Å². The van der Waals surface area contributed by atoms with Gasteiger partial charge in [-0.2, -0.15) is 5.10 Å².